The maximum Gasteiger partial charge on any atom is 0.243 e. The van der Waals surface area contributed by atoms with Crippen molar-refractivity contribution in [3.8, 4) is 11.6 Å². The number of rotatable bonds is 4. The molecular formula is C22H27N3O4S. The van der Waals surface area contributed by atoms with E-state index in [2.05, 4.69) is 30.9 Å². The molecule has 1 atom stereocenters. The fourth-order valence-electron chi connectivity index (χ4n) is 3.69. The molecule has 3 aromatic rings. The monoisotopic (exact) mass is 429 g/mol. The number of sulfonamides is 1. The lowest BCUT2D eigenvalue weighted by molar-refractivity contribution is 0.265. The Kier molecular flexibility index (Phi) is 5.32. The summed E-state index contributed by atoms with van der Waals surface area (Å²) in [5, 5.41) is 4.01. The average molecular weight is 430 g/mol. The Balaban J connectivity index is 1.53. The second kappa shape index (κ2) is 7.67. The van der Waals surface area contributed by atoms with E-state index >= 15 is 0 Å². The summed E-state index contributed by atoms with van der Waals surface area (Å²) in [4.78, 5) is 4.77. The van der Waals surface area contributed by atoms with Crippen LogP contribution in [0.25, 0.3) is 11.6 Å². The summed E-state index contributed by atoms with van der Waals surface area (Å²) < 4.78 is 38.9. The summed E-state index contributed by atoms with van der Waals surface area (Å²) in [7, 11) is -3.58. The van der Waals surface area contributed by atoms with Crippen LogP contribution in [0.1, 0.15) is 56.7 Å². The molecule has 1 aliphatic rings. The summed E-state index contributed by atoms with van der Waals surface area (Å²) in [6.45, 7) is 8.97. The van der Waals surface area contributed by atoms with Crippen molar-refractivity contribution in [2.24, 2.45) is 0 Å². The van der Waals surface area contributed by atoms with Gasteiger partial charge in [-0.1, -0.05) is 38.1 Å². The highest BCUT2D eigenvalue weighted by Gasteiger charge is 2.33. The Bertz CT molecular complexity index is 1120. The molecule has 1 saturated heterocycles. The smallest absolute Gasteiger partial charge is 0.243 e. The minimum atomic E-state index is -3.58. The predicted molar refractivity (Wildman–Crippen MR) is 113 cm³/mol. The van der Waals surface area contributed by atoms with Gasteiger partial charge in [0.05, 0.1) is 10.8 Å². The molecule has 0 saturated carbocycles. The summed E-state index contributed by atoms with van der Waals surface area (Å²) >= 11 is 0. The average Bonchev–Trinajstić information content (AvgIpc) is 3.37. The molecule has 4 rings (SSSR count). The van der Waals surface area contributed by atoms with E-state index in [0.29, 0.717) is 35.5 Å². The van der Waals surface area contributed by atoms with E-state index in [9.17, 15) is 8.42 Å². The van der Waals surface area contributed by atoms with Crippen LogP contribution >= 0.6 is 0 Å². The van der Waals surface area contributed by atoms with Gasteiger partial charge < -0.3 is 8.94 Å². The number of aromatic nitrogens is 2. The third-order valence-corrected chi connectivity index (χ3v) is 7.37. The molecule has 1 aromatic carbocycles. The molecule has 2 aromatic heterocycles. The molecule has 1 aliphatic heterocycles. The Morgan fingerprint density at radius 3 is 2.47 bits per heavy atom. The zero-order valence-corrected chi connectivity index (χ0v) is 18.6. The summed E-state index contributed by atoms with van der Waals surface area (Å²) in [5.41, 5.74) is 1.07. The van der Waals surface area contributed by atoms with Crippen LogP contribution in [0.15, 0.2) is 50.2 Å². The van der Waals surface area contributed by atoms with Gasteiger partial charge in [0.2, 0.25) is 21.7 Å². The highest BCUT2D eigenvalue weighted by Crippen LogP contribution is 2.31. The molecule has 3 heterocycles. The molecular weight excluding hydrogens is 402 g/mol. The van der Waals surface area contributed by atoms with Crippen molar-refractivity contribution >= 4 is 10.0 Å². The van der Waals surface area contributed by atoms with Gasteiger partial charge in [0, 0.05) is 13.1 Å². The van der Waals surface area contributed by atoms with E-state index in [1.165, 1.54) is 4.31 Å². The SMILES string of the molecule is Cc1ccc(-c2noc([C@@H]3CCCN(S(=O)(=O)c4ccc(C(C)(C)C)cc4)C3)n2)o1. The first-order chi connectivity index (χ1) is 14.1. The molecule has 8 heteroatoms. The number of benzene rings is 1. The number of hydrogen-bond acceptors (Lipinski definition) is 6. The molecule has 0 N–H and O–H groups in total. The highest BCUT2D eigenvalue weighted by molar-refractivity contribution is 7.89. The van der Waals surface area contributed by atoms with Crippen LogP contribution in [-0.2, 0) is 15.4 Å². The fourth-order valence-corrected chi connectivity index (χ4v) is 5.22. The van der Waals surface area contributed by atoms with Crippen molar-refractivity contribution in [1.82, 2.24) is 14.4 Å². The standard InChI is InChI=1S/C22H27N3O4S/c1-15-7-12-19(28-15)20-23-21(29-24-20)16-6-5-13-25(14-16)30(26,27)18-10-8-17(9-11-18)22(2,3)4/h7-12,16H,5-6,13-14H2,1-4H3/t16-/m1/s1. The molecule has 1 fully saturated rings. The van der Waals surface area contributed by atoms with E-state index in [4.69, 9.17) is 8.94 Å². The largest absolute Gasteiger partial charge is 0.458 e. The first-order valence-corrected chi connectivity index (χ1v) is 11.6. The molecule has 0 unspecified atom stereocenters. The molecule has 0 bridgehead atoms. The van der Waals surface area contributed by atoms with Gasteiger partial charge in [0.25, 0.3) is 0 Å². The van der Waals surface area contributed by atoms with Crippen molar-refractivity contribution in [2.75, 3.05) is 13.1 Å². The normalized spacial score (nSPS) is 18.6. The quantitative estimate of drug-likeness (QED) is 0.606. The van der Waals surface area contributed by atoms with E-state index in [0.717, 1.165) is 24.2 Å². The van der Waals surface area contributed by atoms with Crippen LogP contribution in [0, 0.1) is 6.92 Å². The first-order valence-electron chi connectivity index (χ1n) is 10.2. The topological polar surface area (TPSA) is 89.4 Å². The molecule has 0 spiro atoms. The van der Waals surface area contributed by atoms with Crippen LogP contribution in [0.2, 0.25) is 0 Å². The fraction of sp³-hybridized carbons (Fsp3) is 0.455. The van der Waals surface area contributed by atoms with Crippen molar-refractivity contribution in [3.63, 3.8) is 0 Å². The Hall–Kier alpha value is -2.45. The summed E-state index contributed by atoms with van der Waals surface area (Å²) in [5.74, 6) is 2.00. The molecule has 0 amide bonds. The van der Waals surface area contributed by atoms with Crippen LogP contribution in [0.5, 0.6) is 0 Å². The molecule has 0 aliphatic carbocycles. The zero-order chi connectivity index (χ0) is 21.5. The maximum atomic E-state index is 13.2. The van der Waals surface area contributed by atoms with Crippen molar-refractivity contribution in [2.45, 2.75) is 56.8 Å². The van der Waals surface area contributed by atoms with Crippen molar-refractivity contribution < 1.29 is 17.4 Å². The van der Waals surface area contributed by atoms with E-state index in [1.807, 2.05) is 25.1 Å². The van der Waals surface area contributed by atoms with Crippen LogP contribution in [0.3, 0.4) is 0 Å². The third kappa shape index (κ3) is 4.06. The van der Waals surface area contributed by atoms with Gasteiger partial charge in [-0.25, -0.2) is 8.42 Å². The van der Waals surface area contributed by atoms with Crippen LogP contribution < -0.4 is 0 Å². The molecule has 160 valence electrons. The Morgan fingerprint density at radius 1 is 1.10 bits per heavy atom. The van der Waals surface area contributed by atoms with Gasteiger partial charge in [-0.2, -0.15) is 9.29 Å². The van der Waals surface area contributed by atoms with Crippen LogP contribution in [0.4, 0.5) is 0 Å². The van der Waals surface area contributed by atoms with E-state index < -0.39 is 10.0 Å². The lowest BCUT2D eigenvalue weighted by Crippen LogP contribution is -2.39. The first kappa shape index (κ1) is 20.8. The second-order valence-corrected chi connectivity index (χ2v) is 10.8. The maximum absolute atomic E-state index is 13.2. The Labute approximate surface area is 177 Å². The lowest BCUT2D eigenvalue weighted by Gasteiger charge is -2.30. The van der Waals surface area contributed by atoms with Gasteiger partial charge >= 0.3 is 0 Å². The predicted octanol–water partition coefficient (Wildman–Crippen LogP) is 4.50. The number of furan rings is 1. The minimum Gasteiger partial charge on any atom is -0.458 e. The van der Waals surface area contributed by atoms with Crippen molar-refractivity contribution in [3.05, 3.63) is 53.6 Å². The van der Waals surface area contributed by atoms with Gasteiger partial charge in [-0.05, 0) is 55.0 Å². The zero-order valence-electron chi connectivity index (χ0n) is 17.8. The number of piperidine rings is 1. The molecule has 7 nitrogen and oxygen atoms in total. The number of hydrogen-bond donors (Lipinski definition) is 0. The van der Waals surface area contributed by atoms with E-state index in [1.54, 1.807) is 18.2 Å². The number of nitrogens with zero attached hydrogens (tertiary/aromatic N) is 3. The molecule has 0 radical (unpaired) electrons. The van der Waals surface area contributed by atoms with Crippen molar-refractivity contribution in [1.29, 1.82) is 0 Å². The van der Waals surface area contributed by atoms with Crippen LogP contribution in [-0.4, -0.2) is 36.0 Å². The van der Waals surface area contributed by atoms with Gasteiger partial charge in [-0.15, -0.1) is 0 Å². The lowest BCUT2D eigenvalue weighted by atomic mass is 9.87. The third-order valence-electron chi connectivity index (χ3n) is 5.49. The summed E-state index contributed by atoms with van der Waals surface area (Å²) in [6.07, 6.45) is 1.54. The van der Waals surface area contributed by atoms with Gasteiger partial charge in [-0.3, -0.25) is 0 Å². The summed E-state index contributed by atoms with van der Waals surface area (Å²) in [6, 6.07) is 10.8. The second-order valence-electron chi connectivity index (χ2n) is 8.84. The van der Waals surface area contributed by atoms with Gasteiger partial charge in [0.15, 0.2) is 5.76 Å². The molecule has 30 heavy (non-hydrogen) atoms. The highest BCUT2D eigenvalue weighted by atomic mass is 32.2. The van der Waals surface area contributed by atoms with Gasteiger partial charge in [0.1, 0.15) is 5.76 Å². The van der Waals surface area contributed by atoms with E-state index in [-0.39, 0.29) is 11.3 Å². The minimum absolute atomic E-state index is 0.0271. The number of aryl methyl sites for hydroxylation is 1. The Morgan fingerprint density at radius 2 is 1.83 bits per heavy atom.